The first kappa shape index (κ1) is 27.5. The van der Waals surface area contributed by atoms with Crippen LogP contribution in [0.5, 0.6) is 5.75 Å². The molecule has 1 aliphatic rings. The Balaban J connectivity index is 2.37. The predicted octanol–water partition coefficient (Wildman–Crippen LogP) is 4.34. The van der Waals surface area contributed by atoms with E-state index in [2.05, 4.69) is 17.6 Å². The Morgan fingerprint density at radius 1 is 1.21 bits per heavy atom. The van der Waals surface area contributed by atoms with E-state index in [-0.39, 0.29) is 23.6 Å². The Bertz CT molecular complexity index is 860. The highest BCUT2D eigenvalue weighted by atomic mass is 16.6. The number of ether oxygens (including phenoxy) is 1. The van der Waals surface area contributed by atoms with Crippen LogP contribution in [0, 0.1) is 6.92 Å². The number of nitrogens with one attached hydrogen (secondary N) is 2. The van der Waals surface area contributed by atoms with Crippen molar-refractivity contribution in [2.75, 3.05) is 6.54 Å². The van der Waals surface area contributed by atoms with Gasteiger partial charge in [-0.1, -0.05) is 38.0 Å². The summed E-state index contributed by atoms with van der Waals surface area (Å²) >= 11 is 0. The van der Waals surface area contributed by atoms with Gasteiger partial charge in [-0.05, 0) is 65.9 Å². The largest absolute Gasteiger partial charge is 0.507 e. The van der Waals surface area contributed by atoms with Crippen molar-refractivity contribution in [3.8, 4) is 5.75 Å². The lowest BCUT2D eigenvalue weighted by molar-refractivity contribution is -0.147. The summed E-state index contributed by atoms with van der Waals surface area (Å²) in [6.45, 7) is 11.2. The highest BCUT2D eigenvalue weighted by molar-refractivity contribution is 5.92. The smallest absolute Gasteiger partial charge is 0.408 e. The molecule has 190 valence electrons. The van der Waals surface area contributed by atoms with Crippen LogP contribution in [0.3, 0.4) is 0 Å². The van der Waals surface area contributed by atoms with Gasteiger partial charge in [-0.2, -0.15) is 0 Å². The minimum Gasteiger partial charge on any atom is -0.507 e. The van der Waals surface area contributed by atoms with E-state index >= 15 is 0 Å². The molecule has 1 aromatic rings. The number of carbonyl (C=O) groups excluding carboxylic acids is 3. The number of rotatable bonds is 10. The number of amides is 3. The van der Waals surface area contributed by atoms with E-state index in [4.69, 9.17) is 4.74 Å². The van der Waals surface area contributed by atoms with Crippen molar-refractivity contribution in [1.82, 2.24) is 15.5 Å². The first-order chi connectivity index (χ1) is 16.0. The zero-order valence-corrected chi connectivity index (χ0v) is 21.4. The van der Waals surface area contributed by atoms with Crippen LogP contribution < -0.4 is 10.6 Å². The number of nitrogens with zero attached hydrogens (tertiary/aromatic N) is 1. The Morgan fingerprint density at radius 2 is 1.88 bits per heavy atom. The lowest BCUT2D eigenvalue weighted by atomic mass is 9.87. The van der Waals surface area contributed by atoms with E-state index in [1.54, 1.807) is 57.7 Å². The second kappa shape index (κ2) is 12.1. The Kier molecular flexibility index (Phi) is 9.77. The number of carbonyl (C=O) groups is 3. The molecule has 34 heavy (non-hydrogen) atoms. The molecule has 2 rings (SSSR count). The summed E-state index contributed by atoms with van der Waals surface area (Å²) in [6, 6.07) is 3.16. The van der Waals surface area contributed by atoms with Gasteiger partial charge in [0.15, 0.2) is 0 Å². The van der Waals surface area contributed by atoms with Gasteiger partial charge in [0.05, 0.1) is 0 Å². The van der Waals surface area contributed by atoms with Gasteiger partial charge in [0.1, 0.15) is 23.4 Å². The van der Waals surface area contributed by atoms with Gasteiger partial charge in [0.25, 0.3) is 0 Å². The van der Waals surface area contributed by atoms with Crippen LogP contribution in [0.4, 0.5) is 4.79 Å². The molecule has 0 heterocycles. The standard InChI is InChI=1S/C26H41N3O5/c1-7-8-9-16-27-23(31)21(20-15-10-12-17(2)22(20)30)29(19-13-11-14-19)24(32)18(3)28-25(33)34-26(4,5)6/h10,12,15,18-19,21,30H,7-9,11,13-14,16H2,1-6H3,(H,27,31)(H,28,33). The van der Waals surface area contributed by atoms with Crippen molar-refractivity contribution in [2.45, 2.75) is 104 Å². The van der Waals surface area contributed by atoms with Gasteiger partial charge < -0.3 is 25.4 Å². The van der Waals surface area contributed by atoms with E-state index in [0.717, 1.165) is 38.5 Å². The third-order valence-corrected chi connectivity index (χ3v) is 6.00. The predicted molar refractivity (Wildman–Crippen MR) is 131 cm³/mol. The minimum atomic E-state index is -0.998. The molecule has 1 aliphatic carbocycles. The fourth-order valence-corrected chi connectivity index (χ4v) is 3.96. The van der Waals surface area contributed by atoms with Crippen molar-refractivity contribution in [3.05, 3.63) is 29.3 Å². The Hall–Kier alpha value is -2.77. The van der Waals surface area contributed by atoms with Crippen LogP contribution in [0.1, 0.15) is 90.3 Å². The van der Waals surface area contributed by atoms with Crippen molar-refractivity contribution in [3.63, 3.8) is 0 Å². The maximum absolute atomic E-state index is 13.7. The van der Waals surface area contributed by atoms with Crippen LogP contribution in [0.25, 0.3) is 0 Å². The first-order valence-corrected chi connectivity index (χ1v) is 12.3. The van der Waals surface area contributed by atoms with E-state index < -0.39 is 23.8 Å². The zero-order valence-electron chi connectivity index (χ0n) is 21.4. The van der Waals surface area contributed by atoms with Crippen molar-refractivity contribution in [1.29, 1.82) is 0 Å². The fraction of sp³-hybridized carbons (Fsp3) is 0.654. The average molecular weight is 476 g/mol. The average Bonchev–Trinajstić information content (AvgIpc) is 2.70. The molecule has 0 aliphatic heterocycles. The minimum absolute atomic E-state index is 0.00101. The lowest BCUT2D eigenvalue weighted by Crippen LogP contribution is -2.56. The van der Waals surface area contributed by atoms with Crippen LogP contribution in [0.2, 0.25) is 0 Å². The number of unbranched alkanes of at least 4 members (excludes halogenated alkanes) is 2. The summed E-state index contributed by atoms with van der Waals surface area (Å²) in [5, 5.41) is 16.4. The molecular weight excluding hydrogens is 434 g/mol. The first-order valence-electron chi connectivity index (χ1n) is 12.3. The molecule has 0 radical (unpaired) electrons. The quantitative estimate of drug-likeness (QED) is 0.436. The van der Waals surface area contributed by atoms with E-state index in [1.807, 2.05) is 0 Å². The van der Waals surface area contributed by atoms with Crippen LogP contribution in [-0.2, 0) is 14.3 Å². The van der Waals surface area contributed by atoms with Gasteiger partial charge in [-0.3, -0.25) is 9.59 Å². The second-order valence-electron chi connectivity index (χ2n) is 10.1. The van der Waals surface area contributed by atoms with Gasteiger partial charge in [-0.25, -0.2) is 4.79 Å². The summed E-state index contributed by atoms with van der Waals surface area (Å²) in [6.07, 6.45) is 4.63. The zero-order chi connectivity index (χ0) is 25.5. The number of phenolic OH excluding ortho intramolecular Hbond substituents is 1. The molecule has 1 fully saturated rings. The molecule has 0 spiro atoms. The van der Waals surface area contributed by atoms with E-state index in [0.29, 0.717) is 17.7 Å². The number of phenols is 1. The molecular formula is C26H41N3O5. The lowest BCUT2D eigenvalue weighted by Gasteiger charge is -2.43. The van der Waals surface area contributed by atoms with Crippen molar-refractivity contribution >= 4 is 17.9 Å². The van der Waals surface area contributed by atoms with Gasteiger partial charge in [0.2, 0.25) is 11.8 Å². The monoisotopic (exact) mass is 475 g/mol. The summed E-state index contributed by atoms with van der Waals surface area (Å²) in [4.78, 5) is 41.0. The summed E-state index contributed by atoms with van der Waals surface area (Å²) in [7, 11) is 0. The summed E-state index contributed by atoms with van der Waals surface area (Å²) in [5.74, 6) is -0.715. The van der Waals surface area contributed by atoms with E-state index in [1.165, 1.54) is 0 Å². The van der Waals surface area contributed by atoms with Crippen LogP contribution >= 0.6 is 0 Å². The molecule has 0 aromatic heterocycles. The highest BCUT2D eigenvalue weighted by Crippen LogP contribution is 2.37. The molecule has 8 nitrogen and oxygen atoms in total. The molecule has 2 unspecified atom stereocenters. The molecule has 0 saturated heterocycles. The summed E-state index contributed by atoms with van der Waals surface area (Å²) < 4.78 is 5.30. The SMILES string of the molecule is CCCCCNC(=O)C(c1cccc(C)c1O)N(C(=O)C(C)NC(=O)OC(C)(C)C)C1CCC1. The van der Waals surface area contributed by atoms with Crippen molar-refractivity contribution < 1.29 is 24.2 Å². The Labute approximate surface area is 203 Å². The van der Waals surface area contributed by atoms with Gasteiger partial charge >= 0.3 is 6.09 Å². The molecule has 1 aromatic carbocycles. The Morgan fingerprint density at radius 3 is 2.44 bits per heavy atom. The van der Waals surface area contributed by atoms with Gasteiger partial charge in [0, 0.05) is 18.2 Å². The topological polar surface area (TPSA) is 108 Å². The molecule has 2 atom stereocenters. The number of aryl methyl sites for hydroxylation is 1. The van der Waals surface area contributed by atoms with Crippen LogP contribution in [-0.4, -0.2) is 52.1 Å². The molecule has 3 amide bonds. The molecule has 0 bridgehead atoms. The number of alkyl carbamates (subject to hydrolysis) is 1. The molecule has 3 N–H and O–H groups in total. The molecule has 8 heteroatoms. The third-order valence-electron chi connectivity index (χ3n) is 6.00. The van der Waals surface area contributed by atoms with Crippen LogP contribution in [0.15, 0.2) is 18.2 Å². The second-order valence-corrected chi connectivity index (χ2v) is 10.1. The fourth-order valence-electron chi connectivity index (χ4n) is 3.96. The number of hydrogen-bond acceptors (Lipinski definition) is 5. The maximum Gasteiger partial charge on any atom is 0.408 e. The normalized spacial score (nSPS) is 15.6. The van der Waals surface area contributed by atoms with Crippen molar-refractivity contribution in [2.24, 2.45) is 0 Å². The number of aromatic hydroxyl groups is 1. The highest BCUT2D eigenvalue weighted by Gasteiger charge is 2.41. The molecule has 1 saturated carbocycles. The number of para-hydroxylation sites is 1. The van der Waals surface area contributed by atoms with Gasteiger partial charge in [-0.15, -0.1) is 0 Å². The maximum atomic E-state index is 13.7. The number of benzene rings is 1. The van der Waals surface area contributed by atoms with E-state index in [9.17, 15) is 19.5 Å². The third kappa shape index (κ3) is 7.37. The number of hydrogen-bond donors (Lipinski definition) is 3. The summed E-state index contributed by atoms with van der Waals surface area (Å²) in [5.41, 5.74) is 0.314.